The van der Waals surface area contributed by atoms with Gasteiger partial charge < -0.3 is 19.9 Å². The second-order valence-corrected chi connectivity index (χ2v) is 9.21. The van der Waals surface area contributed by atoms with E-state index in [4.69, 9.17) is 4.74 Å². The molecule has 8 nitrogen and oxygen atoms in total. The van der Waals surface area contributed by atoms with Crippen LogP contribution in [0.2, 0.25) is 0 Å². The van der Waals surface area contributed by atoms with Crippen LogP contribution in [0.5, 0.6) is 0 Å². The Labute approximate surface area is 208 Å². The van der Waals surface area contributed by atoms with Crippen molar-refractivity contribution in [3.05, 3.63) is 47.4 Å². The summed E-state index contributed by atoms with van der Waals surface area (Å²) in [4.78, 5) is 36.7. The van der Waals surface area contributed by atoms with Gasteiger partial charge in [0.1, 0.15) is 16.5 Å². The average Bonchev–Trinajstić information content (AvgIpc) is 3.54. The smallest absolute Gasteiger partial charge is 0.270 e. The molecule has 0 radical (unpaired) electrons. The Morgan fingerprint density at radius 1 is 1.23 bits per heavy atom. The molecule has 186 valence electrons. The van der Waals surface area contributed by atoms with Crippen molar-refractivity contribution < 1.29 is 18.7 Å². The summed E-state index contributed by atoms with van der Waals surface area (Å²) >= 11 is 1.42. The van der Waals surface area contributed by atoms with E-state index in [0.29, 0.717) is 55.7 Å². The molecule has 35 heavy (non-hydrogen) atoms. The first-order valence-corrected chi connectivity index (χ1v) is 12.7. The molecule has 1 aliphatic heterocycles. The number of nitrogens with one attached hydrogen (secondary N) is 2. The minimum Gasteiger partial charge on any atom is -0.379 e. The lowest BCUT2D eigenvalue weighted by Crippen LogP contribution is -2.41. The van der Waals surface area contributed by atoms with Gasteiger partial charge >= 0.3 is 0 Å². The van der Waals surface area contributed by atoms with E-state index < -0.39 is 5.82 Å². The van der Waals surface area contributed by atoms with Gasteiger partial charge in [-0.3, -0.25) is 14.5 Å². The van der Waals surface area contributed by atoms with Gasteiger partial charge in [-0.2, -0.15) is 0 Å². The highest BCUT2D eigenvalue weighted by Gasteiger charge is 2.18. The summed E-state index contributed by atoms with van der Waals surface area (Å²) in [6, 6.07) is 6.39. The van der Waals surface area contributed by atoms with Crippen LogP contribution in [-0.4, -0.2) is 77.5 Å². The SMILES string of the molecule is CCCN(CC)C(=O)c1cc(-c2csc(-c3ccc(F)c(NC(=O)CN4CCOCC4)c3)n2)c[nH]1. The summed E-state index contributed by atoms with van der Waals surface area (Å²) < 4.78 is 19.7. The second kappa shape index (κ2) is 11.6. The monoisotopic (exact) mass is 499 g/mol. The number of amides is 2. The van der Waals surface area contributed by atoms with Crippen molar-refractivity contribution in [1.29, 1.82) is 0 Å². The lowest BCUT2D eigenvalue weighted by molar-refractivity contribution is -0.118. The van der Waals surface area contributed by atoms with E-state index >= 15 is 0 Å². The van der Waals surface area contributed by atoms with Gasteiger partial charge in [0, 0.05) is 48.9 Å². The molecule has 2 amide bonds. The fraction of sp³-hybridized carbons (Fsp3) is 0.400. The number of carbonyl (C=O) groups excluding carboxylic acids is 2. The normalized spacial score (nSPS) is 14.1. The Morgan fingerprint density at radius 2 is 2.03 bits per heavy atom. The molecule has 2 aromatic heterocycles. The van der Waals surface area contributed by atoms with Crippen LogP contribution in [-0.2, 0) is 9.53 Å². The lowest BCUT2D eigenvalue weighted by atomic mass is 10.2. The number of ether oxygens (including phenoxy) is 1. The predicted octanol–water partition coefficient (Wildman–Crippen LogP) is 4.09. The van der Waals surface area contributed by atoms with Crippen LogP contribution in [0.4, 0.5) is 10.1 Å². The molecule has 1 aromatic carbocycles. The Kier molecular flexibility index (Phi) is 8.27. The van der Waals surface area contributed by atoms with Crippen molar-refractivity contribution in [1.82, 2.24) is 19.8 Å². The minimum absolute atomic E-state index is 0.0351. The number of aromatic nitrogens is 2. The molecule has 0 spiro atoms. The molecule has 1 aliphatic rings. The Balaban J connectivity index is 1.46. The zero-order valence-corrected chi connectivity index (χ0v) is 20.8. The van der Waals surface area contributed by atoms with Crippen molar-refractivity contribution in [3.8, 4) is 21.8 Å². The summed E-state index contributed by atoms with van der Waals surface area (Å²) in [5.74, 6) is -0.800. The molecular formula is C25H30FN5O3S. The number of benzene rings is 1. The Hall–Kier alpha value is -3.08. The number of morpholine rings is 1. The Bertz CT molecular complexity index is 1170. The quantitative estimate of drug-likeness (QED) is 0.463. The highest BCUT2D eigenvalue weighted by Crippen LogP contribution is 2.31. The number of anilines is 1. The molecule has 3 heterocycles. The third-order valence-corrected chi connectivity index (χ3v) is 6.73. The van der Waals surface area contributed by atoms with Gasteiger partial charge in [-0.15, -0.1) is 11.3 Å². The van der Waals surface area contributed by atoms with Crippen molar-refractivity contribution in [2.24, 2.45) is 0 Å². The second-order valence-electron chi connectivity index (χ2n) is 8.36. The minimum atomic E-state index is -0.498. The van der Waals surface area contributed by atoms with E-state index in [2.05, 4.69) is 15.3 Å². The largest absolute Gasteiger partial charge is 0.379 e. The maximum absolute atomic E-state index is 14.4. The van der Waals surface area contributed by atoms with Crippen molar-refractivity contribution >= 4 is 28.8 Å². The first-order chi connectivity index (χ1) is 17.0. The van der Waals surface area contributed by atoms with Crippen LogP contribution in [0.1, 0.15) is 30.8 Å². The van der Waals surface area contributed by atoms with Crippen LogP contribution >= 0.6 is 11.3 Å². The summed E-state index contributed by atoms with van der Waals surface area (Å²) in [7, 11) is 0. The van der Waals surface area contributed by atoms with Gasteiger partial charge in [0.25, 0.3) is 5.91 Å². The number of hydrogen-bond donors (Lipinski definition) is 2. The molecule has 0 unspecified atom stereocenters. The van der Waals surface area contributed by atoms with Gasteiger partial charge in [0.2, 0.25) is 5.91 Å². The predicted molar refractivity (Wildman–Crippen MR) is 135 cm³/mol. The molecule has 3 aromatic rings. The molecular weight excluding hydrogens is 469 g/mol. The fourth-order valence-electron chi connectivity index (χ4n) is 3.95. The molecule has 0 atom stereocenters. The topological polar surface area (TPSA) is 90.6 Å². The molecule has 10 heteroatoms. The van der Waals surface area contributed by atoms with Gasteiger partial charge in [-0.05, 0) is 37.6 Å². The average molecular weight is 500 g/mol. The van der Waals surface area contributed by atoms with E-state index in [1.54, 1.807) is 29.3 Å². The molecule has 0 bridgehead atoms. The highest BCUT2D eigenvalue weighted by atomic mass is 32.1. The van der Waals surface area contributed by atoms with E-state index in [0.717, 1.165) is 17.7 Å². The van der Waals surface area contributed by atoms with E-state index in [-0.39, 0.29) is 24.0 Å². The number of aromatic amines is 1. The van der Waals surface area contributed by atoms with E-state index in [1.165, 1.54) is 17.4 Å². The maximum Gasteiger partial charge on any atom is 0.270 e. The zero-order chi connectivity index (χ0) is 24.8. The fourth-order valence-corrected chi connectivity index (χ4v) is 4.78. The first kappa shape index (κ1) is 25.0. The number of thiazole rings is 1. The number of hydrogen-bond acceptors (Lipinski definition) is 6. The number of halogens is 1. The summed E-state index contributed by atoms with van der Waals surface area (Å²) in [5, 5.41) is 5.27. The summed E-state index contributed by atoms with van der Waals surface area (Å²) in [6.07, 6.45) is 2.67. The van der Waals surface area contributed by atoms with Crippen LogP contribution in [0.25, 0.3) is 21.8 Å². The molecule has 1 saturated heterocycles. The first-order valence-electron chi connectivity index (χ1n) is 11.8. The number of H-pyrrole nitrogens is 1. The van der Waals surface area contributed by atoms with Gasteiger partial charge in [-0.25, -0.2) is 9.37 Å². The molecule has 1 fully saturated rings. The number of rotatable bonds is 9. The van der Waals surface area contributed by atoms with Crippen molar-refractivity contribution in [2.75, 3.05) is 51.3 Å². The molecule has 4 rings (SSSR count). The van der Waals surface area contributed by atoms with E-state index in [9.17, 15) is 14.0 Å². The van der Waals surface area contributed by atoms with Crippen LogP contribution in [0, 0.1) is 5.82 Å². The van der Waals surface area contributed by atoms with Gasteiger partial charge in [0.15, 0.2) is 0 Å². The highest BCUT2D eigenvalue weighted by molar-refractivity contribution is 7.13. The van der Waals surface area contributed by atoms with Crippen LogP contribution < -0.4 is 5.32 Å². The summed E-state index contributed by atoms with van der Waals surface area (Å²) in [5.41, 5.74) is 2.89. The summed E-state index contributed by atoms with van der Waals surface area (Å²) in [6.45, 7) is 8.11. The van der Waals surface area contributed by atoms with Crippen LogP contribution in [0.15, 0.2) is 35.8 Å². The third-order valence-electron chi connectivity index (χ3n) is 5.83. The van der Waals surface area contributed by atoms with Crippen molar-refractivity contribution in [2.45, 2.75) is 20.3 Å². The standard InChI is InChI=1S/C25H30FN5O3S/c1-3-7-31(4-2)25(33)21-13-18(14-27-21)22-16-35-24(29-22)17-5-6-19(26)20(12-17)28-23(32)15-30-8-10-34-11-9-30/h5-6,12-14,16,27H,3-4,7-11,15H2,1-2H3,(H,28,32). The van der Waals surface area contributed by atoms with Gasteiger partial charge in [-0.1, -0.05) is 6.92 Å². The maximum atomic E-state index is 14.4. The lowest BCUT2D eigenvalue weighted by Gasteiger charge is -2.25. The van der Waals surface area contributed by atoms with Gasteiger partial charge in [0.05, 0.1) is 31.1 Å². The third kappa shape index (κ3) is 6.14. The molecule has 2 N–H and O–H groups in total. The zero-order valence-electron chi connectivity index (χ0n) is 20.0. The number of nitrogens with zero attached hydrogens (tertiary/aromatic N) is 3. The molecule has 0 saturated carbocycles. The van der Waals surface area contributed by atoms with Crippen molar-refractivity contribution in [3.63, 3.8) is 0 Å². The van der Waals surface area contributed by atoms with Crippen LogP contribution in [0.3, 0.4) is 0 Å². The van der Waals surface area contributed by atoms with E-state index in [1.807, 2.05) is 24.1 Å². The number of carbonyl (C=O) groups is 2. The Morgan fingerprint density at radius 3 is 2.77 bits per heavy atom. The molecule has 0 aliphatic carbocycles.